The Balaban J connectivity index is 1.53. The molecule has 0 amide bonds. The first kappa shape index (κ1) is 19.2. The third kappa shape index (κ3) is 3.42. The molecule has 11 heteroatoms. The fourth-order valence-corrected chi connectivity index (χ4v) is 5.32. The minimum atomic E-state index is -3.91. The Morgan fingerprint density at radius 3 is 2.71 bits per heavy atom. The van der Waals surface area contributed by atoms with Gasteiger partial charge in [-0.3, -0.25) is 9.40 Å². The van der Waals surface area contributed by atoms with Gasteiger partial charge in [-0.15, -0.1) is 0 Å². The smallest absolute Gasteiger partial charge is 0.264 e. The zero-order valence-electron chi connectivity index (χ0n) is 16.2. The average molecular weight is 439 g/mol. The van der Waals surface area contributed by atoms with E-state index in [9.17, 15) is 12.8 Å². The van der Waals surface area contributed by atoms with Crippen LogP contribution in [0.3, 0.4) is 0 Å². The molecule has 2 aromatic carbocycles. The van der Waals surface area contributed by atoms with Gasteiger partial charge in [0.05, 0.1) is 34.8 Å². The van der Waals surface area contributed by atoms with Crippen molar-refractivity contribution >= 4 is 38.5 Å². The molecule has 0 radical (unpaired) electrons. The number of anilines is 3. The molecule has 31 heavy (non-hydrogen) atoms. The van der Waals surface area contributed by atoms with Crippen LogP contribution in [-0.4, -0.2) is 41.2 Å². The van der Waals surface area contributed by atoms with Crippen molar-refractivity contribution in [3.8, 4) is 0 Å². The van der Waals surface area contributed by atoms with Crippen molar-refractivity contribution in [1.29, 1.82) is 0 Å². The number of hydrogen-bond donors (Lipinski definition) is 3. The standard InChI is InChI=1S/C20H18FN7O2S/c21-13-5-7-15(8-6-13)31(29,30)28-11-14(9-12-3-1-2-4-17(12)28)24-18-16-10-23-27-19(16)26-20(22)25-18/h1-8,10,14H,9,11H2,(H4,22,23,24,25,26,27). The van der Waals surface area contributed by atoms with Gasteiger partial charge >= 0.3 is 0 Å². The lowest BCUT2D eigenvalue weighted by Crippen LogP contribution is -2.45. The largest absolute Gasteiger partial charge is 0.368 e. The molecule has 0 fully saturated rings. The Bertz CT molecular complexity index is 1370. The zero-order valence-corrected chi connectivity index (χ0v) is 17.0. The molecule has 4 N–H and O–H groups in total. The van der Waals surface area contributed by atoms with Crippen molar-refractivity contribution in [3.05, 3.63) is 66.1 Å². The molecule has 1 unspecified atom stereocenters. The maximum Gasteiger partial charge on any atom is 0.264 e. The Hall–Kier alpha value is -3.73. The number of benzene rings is 2. The van der Waals surface area contributed by atoms with E-state index in [0.29, 0.717) is 29.0 Å². The van der Waals surface area contributed by atoms with E-state index in [1.54, 1.807) is 18.3 Å². The molecule has 3 heterocycles. The number of rotatable bonds is 4. The Labute approximate surface area is 177 Å². The number of aromatic nitrogens is 4. The first-order valence-electron chi connectivity index (χ1n) is 9.51. The van der Waals surface area contributed by atoms with E-state index in [2.05, 4.69) is 25.5 Å². The third-order valence-corrected chi connectivity index (χ3v) is 6.98. The van der Waals surface area contributed by atoms with Gasteiger partial charge in [0.2, 0.25) is 5.95 Å². The zero-order chi connectivity index (χ0) is 21.6. The third-order valence-electron chi connectivity index (χ3n) is 5.18. The van der Waals surface area contributed by atoms with Gasteiger partial charge in [-0.05, 0) is 42.3 Å². The fraction of sp³-hybridized carbons (Fsp3) is 0.150. The van der Waals surface area contributed by atoms with Crippen molar-refractivity contribution in [3.63, 3.8) is 0 Å². The van der Waals surface area contributed by atoms with Gasteiger partial charge in [-0.2, -0.15) is 15.1 Å². The van der Waals surface area contributed by atoms with Crippen molar-refractivity contribution in [2.24, 2.45) is 0 Å². The van der Waals surface area contributed by atoms with E-state index in [4.69, 9.17) is 5.73 Å². The molecule has 0 bridgehead atoms. The molecule has 158 valence electrons. The highest BCUT2D eigenvalue weighted by Crippen LogP contribution is 2.33. The number of sulfonamides is 1. The van der Waals surface area contributed by atoms with Crippen LogP contribution >= 0.6 is 0 Å². The second-order valence-corrected chi connectivity index (χ2v) is 9.09. The molecule has 1 aliphatic rings. The Morgan fingerprint density at radius 1 is 1.13 bits per heavy atom. The quantitative estimate of drug-likeness (QED) is 0.445. The van der Waals surface area contributed by atoms with Crippen molar-refractivity contribution in [2.75, 3.05) is 21.9 Å². The van der Waals surface area contributed by atoms with E-state index >= 15 is 0 Å². The summed E-state index contributed by atoms with van der Waals surface area (Å²) in [5, 5.41) is 10.7. The molecule has 0 spiro atoms. The van der Waals surface area contributed by atoms with Crippen LogP contribution in [0.5, 0.6) is 0 Å². The summed E-state index contributed by atoms with van der Waals surface area (Å²) >= 11 is 0. The van der Waals surface area contributed by atoms with E-state index in [0.717, 1.165) is 17.7 Å². The molecule has 1 atom stereocenters. The molecule has 2 aromatic heterocycles. The normalized spacial score (nSPS) is 16.3. The number of nitrogens with one attached hydrogen (secondary N) is 2. The summed E-state index contributed by atoms with van der Waals surface area (Å²) in [6.45, 7) is 0.153. The van der Waals surface area contributed by atoms with Gasteiger partial charge in [0.25, 0.3) is 10.0 Å². The highest BCUT2D eigenvalue weighted by Gasteiger charge is 2.33. The van der Waals surface area contributed by atoms with E-state index < -0.39 is 15.8 Å². The lowest BCUT2D eigenvalue weighted by atomic mass is 9.99. The van der Waals surface area contributed by atoms with E-state index in [1.807, 2.05) is 12.1 Å². The second-order valence-electron chi connectivity index (χ2n) is 7.23. The Morgan fingerprint density at radius 2 is 1.90 bits per heavy atom. The van der Waals surface area contributed by atoms with Gasteiger partial charge in [0.1, 0.15) is 11.6 Å². The lowest BCUT2D eigenvalue weighted by molar-refractivity contribution is 0.580. The number of nitrogens with two attached hydrogens (primary N) is 1. The molecular weight excluding hydrogens is 421 g/mol. The summed E-state index contributed by atoms with van der Waals surface area (Å²) in [5.74, 6) is 0.0500. The Kier molecular flexibility index (Phi) is 4.47. The summed E-state index contributed by atoms with van der Waals surface area (Å²) in [6.07, 6.45) is 2.16. The summed E-state index contributed by atoms with van der Waals surface area (Å²) in [5.41, 5.74) is 7.75. The molecular formula is C20H18FN7O2S. The van der Waals surface area contributed by atoms with Gasteiger partial charge in [0, 0.05) is 0 Å². The lowest BCUT2D eigenvalue weighted by Gasteiger charge is -2.35. The predicted molar refractivity (Wildman–Crippen MR) is 115 cm³/mol. The molecule has 1 aliphatic heterocycles. The number of aromatic amines is 1. The molecule has 0 aliphatic carbocycles. The predicted octanol–water partition coefficient (Wildman–Crippen LogP) is 2.31. The fourth-order valence-electron chi connectivity index (χ4n) is 3.77. The molecule has 0 saturated heterocycles. The van der Waals surface area contributed by atoms with Crippen molar-refractivity contribution in [2.45, 2.75) is 17.4 Å². The highest BCUT2D eigenvalue weighted by molar-refractivity contribution is 7.92. The summed E-state index contributed by atoms with van der Waals surface area (Å²) in [4.78, 5) is 8.38. The maximum atomic E-state index is 13.4. The summed E-state index contributed by atoms with van der Waals surface area (Å²) in [6, 6.07) is 11.8. The van der Waals surface area contributed by atoms with Crippen LogP contribution in [0.15, 0.2) is 59.6 Å². The van der Waals surface area contributed by atoms with Crippen LogP contribution in [0.4, 0.5) is 21.8 Å². The number of fused-ring (bicyclic) bond motifs is 2. The minimum Gasteiger partial charge on any atom is -0.368 e. The number of nitrogen functional groups attached to an aromatic ring is 1. The maximum absolute atomic E-state index is 13.4. The number of H-pyrrole nitrogens is 1. The minimum absolute atomic E-state index is 0.0212. The van der Waals surface area contributed by atoms with E-state index in [-0.39, 0.29) is 23.4 Å². The second kappa shape index (κ2) is 7.20. The van der Waals surface area contributed by atoms with Crippen LogP contribution in [0.25, 0.3) is 11.0 Å². The van der Waals surface area contributed by atoms with Gasteiger partial charge < -0.3 is 11.1 Å². The van der Waals surface area contributed by atoms with Gasteiger partial charge in [-0.25, -0.2) is 12.8 Å². The van der Waals surface area contributed by atoms with Gasteiger partial charge in [-0.1, -0.05) is 18.2 Å². The van der Waals surface area contributed by atoms with E-state index in [1.165, 1.54) is 16.4 Å². The van der Waals surface area contributed by atoms with Crippen LogP contribution in [0, 0.1) is 5.82 Å². The average Bonchev–Trinajstić information content (AvgIpc) is 3.22. The number of nitrogens with zero attached hydrogens (tertiary/aromatic N) is 4. The molecule has 9 nitrogen and oxygen atoms in total. The summed E-state index contributed by atoms with van der Waals surface area (Å²) in [7, 11) is -3.91. The first-order chi connectivity index (χ1) is 14.9. The molecule has 4 aromatic rings. The topological polar surface area (TPSA) is 130 Å². The van der Waals surface area contributed by atoms with Crippen LogP contribution in [-0.2, 0) is 16.4 Å². The highest BCUT2D eigenvalue weighted by atomic mass is 32.2. The summed E-state index contributed by atoms with van der Waals surface area (Å²) < 4.78 is 41.5. The van der Waals surface area contributed by atoms with Gasteiger partial charge in [0.15, 0.2) is 5.65 Å². The van der Waals surface area contributed by atoms with Crippen LogP contribution in [0.1, 0.15) is 5.56 Å². The monoisotopic (exact) mass is 439 g/mol. The molecule has 0 saturated carbocycles. The number of halogens is 1. The number of hydrogen-bond acceptors (Lipinski definition) is 7. The molecule has 5 rings (SSSR count). The van der Waals surface area contributed by atoms with Crippen molar-refractivity contribution in [1.82, 2.24) is 20.2 Å². The number of para-hydroxylation sites is 1. The van der Waals surface area contributed by atoms with Crippen LogP contribution < -0.4 is 15.4 Å². The first-order valence-corrected chi connectivity index (χ1v) is 10.9. The van der Waals surface area contributed by atoms with Crippen molar-refractivity contribution < 1.29 is 12.8 Å². The van der Waals surface area contributed by atoms with Crippen LogP contribution in [0.2, 0.25) is 0 Å². The SMILES string of the molecule is Nc1nc(NC2Cc3ccccc3N(S(=O)(=O)c3ccc(F)cc3)C2)c2cn[nH]c2n1.